The molecule has 2 nitrogen and oxygen atoms in total. The molecule has 1 amide bonds. The molecule has 1 aromatic rings. The summed E-state index contributed by atoms with van der Waals surface area (Å²) < 4.78 is 13.6. The zero-order valence-corrected chi connectivity index (χ0v) is 13.9. The molecule has 5 heteroatoms. The number of carbonyl (C=O) groups excluding carboxylic acids is 1. The summed E-state index contributed by atoms with van der Waals surface area (Å²) in [5.41, 5.74) is 0.533. The average Bonchev–Trinajstić information content (AvgIpc) is 2.34. The zero-order valence-electron chi connectivity index (χ0n) is 10.2. The lowest BCUT2D eigenvalue weighted by atomic mass is 10.0. The van der Waals surface area contributed by atoms with Crippen LogP contribution < -0.4 is 5.32 Å². The van der Waals surface area contributed by atoms with E-state index in [0.717, 1.165) is 18.2 Å². The van der Waals surface area contributed by atoms with Gasteiger partial charge in [-0.05, 0) is 53.1 Å². The lowest BCUT2D eigenvalue weighted by molar-refractivity contribution is 0.0945. The predicted octanol–water partition coefficient (Wildman–Crippen LogP) is 3.97. The minimum atomic E-state index is -0.318. The van der Waals surface area contributed by atoms with Crippen LogP contribution in [-0.4, -0.2) is 17.8 Å². The molecule has 0 bridgehead atoms. The zero-order chi connectivity index (χ0) is 13.5. The second-order valence-corrected chi connectivity index (χ2v) is 6.04. The fourth-order valence-corrected chi connectivity index (χ4v) is 2.98. The van der Waals surface area contributed by atoms with Gasteiger partial charge in [-0.1, -0.05) is 29.3 Å². The molecule has 0 spiro atoms. The molecule has 0 saturated carbocycles. The average molecular weight is 428 g/mol. The van der Waals surface area contributed by atoms with E-state index in [2.05, 4.69) is 28.2 Å². The van der Waals surface area contributed by atoms with E-state index in [0.29, 0.717) is 21.6 Å². The quantitative estimate of drug-likeness (QED) is 0.540. The van der Waals surface area contributed by atoms with Gasteiger partial charge in [0.2, 0.25) is 0 Å². The largest absolute Gasteiger partial charge is 0.352 e. The topological polar surface area (TPSA) is 29.1 Å². The number of amides is 1. The minimum absolute atomic E-state index is 0.132. The van der Waals surface area contributed by atoms with E-state index in [1.165, 1.54) is 18.2 Å². The van der Waals surface area contributed by atoms with E-state index >= 15 is 0 Å². The lowest BCUT2D eigenvalue weighted by Crippen LogP contribution is -2.29. The highest BCUT2D eigenvalue weighted by Gasteiger charge is 2.12. The summed E-state index contributed by atoms with van der Waals surface area (Å²) in [7, 11) is 0. The molecule has 0 aliphatic rings. The first kappa shape index (κ1) is 15.9. The van der Waals surface area contributed by atoms with Gasteiger partial charge in [-0.3, -0.25) is 4.79 Å². The maximum Gasteiger partial charge on any atom is 0.252 e. The fourth-order valence-electron chi connectivity index (χ4n) is 1.61. The molecule has 1 N–H and O–H groups in total. The molecule has 1 rings (SSSR count). The van der Waals surface area contributed by atoms with Crippen LogP contribution in [0.25, 0.3) is 0 Å². The van der Waals surface area contributed by atoms with Crippen molar-refractivity contribution in [3.8, 4) is 0 Å². The maximum absolute atomic E-state index is 12.9. The molecule has 0 heterocycles. The smallest absolute Gasteiger partial charge is 0.252 e. The number of halogens is 3. The highest BCUT2D eigenvalue weighted by molar-refractivity contribution is 14.1. The van der Waals surface area contributed by atoms with Crippen LogP contribution in [0.5, 0.6) is 0 Å². The summed E-state index contributed by atoms with van der Waals surface area (Å²) in [6.07, 6.45) is 2.07. The molecule has 0 aliphatic heterocycles. The third-order valence-corrected chi connectivity index (χ3v) is 4.17. The van der Waals surface area contributed by atoms with Crippen molar-refractivity contribution in [2.75, 3.05) is 11.9 Å². The van der Waals surface area contributed by atoms with E-state index in [1.807, 2.05) is 22.6 Å². The molecule has 0 radical (unpaired) electrons. The van der Waals surface area contributed by atoms with Crippen molar-refractivity contribution < 1.29 is 9.18 Å². The van der Waals surface area contributed by atoms with Crippen molar-refractivity contribution in [2.24, 2.45) is 5.92 Å². The summed E-state index contributed by atoms with van der Waals surface area (Å²) in [5.74, 6) is 0.0283. The Morgan fingerprint density at radius 1 is 1.56 bits per heavy atom. The Balaban J connectivity index is 2.59. The molecule has 1 atom stereocenters. The van der Waals surface area contributed by atoms with Gasteiger partial charge in [0.05, 0.1) is 5.56 Å². The van der Waals surface area contributed by atoms with Crippen molar-refractivity contribution in [2.45, 2.75) is 19.8 Å². The standard InChI is InChI=1S/C13H16BrFINO/c1-2-9(5-6-14)8-17-13(18)11-4-3-10(15)7-12(11)16/h3-4,7,9H,2,5-6,8H2,1H3,(H,17,18). The van der Waals surface area contributed by atoms with Gasteiger partial charge in [-0.2, -0.15) is 0 Å². The van der Waals surface area contributed by atoms with Crippen LogP contribution in [-0.2, 0) is 0 Å². The minimum Gasteiger partial charge on any atom is -0.352 e. The van der Waals surface area contributed by atoms with E-state index in [4.69, 9.17) is 0 Å². The molecule has 0 saturated heterocycles. The van der Waals surface area contributed by atoms with Gasteiger partial charge in [-0.25, -0.2) is 4.39 Å². The molecule has 18 heavy (non-hydrogen) atoms. The number of hydrogen-bond acceptors (Lipinski definition) is 1. The van der Waals surface area contributed by atoms with Crippen LogP contribution in [0, 0.1) is 15.3 Å². The van der Waals surface area contributed by atoms with Gasteiger partial charge in [-0.15, -0.1) is 0 Å². The Kier molecular flexibility index (Phi) is 7.14. The number of alkyl halides is 1. The highest BCUT2D eigenvalue weighted by atomic mass is 127. The lowest BCUT2D eigenvalue weighted by Gasteiger charge is -2.14. The van der Waals surface area contributed by atoms with Gasteiger partial charge in [0, 0.05) is 15.4 Å². The molecule has 1 unspecified atom stereocenters. The number of nitrogens with one attached hydrogen (secondary N) is 1. The van der Waals surface area contributed by atoms with Crippen LogP contribution in [0.15, 0.2) is 18.2 Å². The van der Waals surface area contributed by atoms with E-state index in [9.17, 15) is 9.18 Å². The van der Waals surface area contributed by atoms with Crippen molar-refractivity contribution in [3.05, 3.63) is 33.1 Å². The summed E-state index contributed by atoms with van der Waals surface area (Å²) in [6, 6.07) is 4.20. The van der Waals surface area contributed by atoms with Crippen molar-refractivity contribution in [3.63, 3.8) is 0 Å². The predicted molar refractivity (Wildman–Crippen MR) is 83.6 cm³/mol. The third kappa shape index (κ3) is 4.84. The van der Waals surface area contributed by atoms with Gasteiger partial charge in [0.15, 0.2) is 0 Å². The Labute approximate surface area is 129 Å². The molecular formula is C13H16BrFINO. The maximum atomic E-state index is 12.9. The Hall–Kier alpha value is -0.170. The normalized spacial score (nSPS) is 12.2. The Morgan fingerprint density at radius 3 is 2.83 bits per heavy atom. The number of carbonyl (C=O) groups is 1. The van der Waals surface area contributed by atoms with Crippen LogP contribution in [0.1, 0.15) is 30.1 Å². The molecule has 0 aromatic heterocycles. The number of benzene rings is 1. The van der Waals surface area contributed by atoms with Crippen molar-refractivity contribution in [1.29, 1.82) is 0 Å². The molecular weight excluding hydrogens is 412 g/mol. The van der Waals surface area contributed by atoms with E-state index in [1.54, 1.807) is 0 Å². The van der Waals surface area contributed by atoms with Gasteiger partial charge < -0.3 is 5.32 Å². The van der Waals surface area contributed by atoms with Gasteiger partial charge >= 0.3 is 0 Å². The summed E-state index contributed by atoms with van der Waals surface area (Å²) in [4.78, 5) is 12.0. The highest BCUT2D eigenvalue weighted by Crippen LogP contribution is 2.14. The van der Waals surface area contributed by atoms with Crippen LogP contribution in [0.4, 0.5) is 4.39 Å². The van der Waals surface area contributed by atoms with E-state index in [-0.39, 0.29) is 11.7 Å². The van der Waals surface area contributed by atoms with Crippen molar-refractivity contribution >= 4 is 44.4 Å². The van der Waals surface area contributed by atoms with Crippen LogP contribution in [0.3, 0.4) is 0 Å². The van der Waals surface area contributed by atoms with Crippen molar-refractivity contribution in [1.82, 2.24) is 5.32 Å². The number of rotatable bonds is 6. The van der Waals surface area contributed by atoms with Gasteiger partial charge in [0.25, 0.3) is 5.91 Å². The number of hydrogen-bond donors (Lipinski definition) is 1. The second-order valence-electron chi connectivity index (χ2n) is 4.09. The summed E-state index contributed by atoms with van der Waals surface area (Å²) >= 11 is 5.38. The first-order chi connectivity index (χ1) is 8.58. The molecule has 0 aliphatic carbocycles. The fraction of sp³-hybridized carbons (Fsp3) is 0.462. The molecule has 0 fully saturated rings. The Bertz CT molecular complexity index is 414. The van der Waals surface area contributed by atoms with Crippen LogP contribution in [0.2, 0.25) is 0 Å². The first-order valence-electron chi connectivity index (χ1n) is 5.87. The third-order valence-electron chi connectivity index (χ3n) is 2.82. The summed E-state index contributed by atoms with van der Waals surface area (Å²) in [5, 5.41) is 3.85. The van der Waals surface area contributed by atoms with Gasteiger partial charge in [0.1, 0.15) is 5.82 Å². The molecule has 1 aromatic carbocycles. The molecule has 100 valence electrons. The second kappa shape index (κ2) is 8.09. The summed E-state index contributed by atoms with van der Waals surface area (Å²) in [6.45, 7) is 2.77. The Morgan fingerprint density at radius 2 is 2.28 bits per heavy atom. The SMILES string of the molecule is CCC(CCBr)CNC(=O)c1ccc(F)cc1I. The monoisotopic (exact) mass is 427 g/mol. The first-order valence-corrected chi connectivity index (χ1v) is 8.07. The van der Waals surface area contributed by atoms with Crippen LogP contribution >= 0.6 is 38.5 Å². The van der Waals surface area contributed by atoms with E-state index < -0.39 is 0 Å².